The van der Waals surface area contributed by atoms with Gasteiger partial charge in [-0.25, -0.2) is 8.42 Å². The van der Waals surface area contributed by atoms with Gasteiger partial charge >= 0.3 is 0 Å². The van der Waals surface area contributed by atoms with Crippen LogP contribution in [-0.2, 0) is 21.2 Å². The van der Waals surface area contributed by atoms with Gasteiger partial charge in [0, 0.05) is 30.6 Å². The van der Waals surface area contributed by atoms with E-state index in [0.29, 0.717) is 16.3 Å². The molecule has 1 aromatic carbocycles. The molecule has 0 aliphatic heterocycles. The van der Waals surface area contributed by atoms with Crippen LogP contribution in [0.2, 0.25) is 5.02 Å². The first-order valence-electron chi connectivity index (χ1n) is 5.60. The fourth-order valence-corrected chi connectivity index (χ4v) is 2.27. The number of nitrogen functional groups attached to an aromatic ring is 1. The molecule has 0 radical (unpaired) electrons. The van der Waals surface area contributed by atoms with Crippen LogP contribution in [0.5, 0.6) is 0 Å². The summed E-state index contributed by atoms with van der Waals surface area (Å²) in [6.07, 6.45) is 1.04. The van der Waals surface area contributed by atoms with E-state index in [1.807, 2.05) is 0 Å². The zero-order valence-corrected chi connectivity index (χ0v) is 12.6. The van der Waals surface area contributed by atoms with Crippen molar-refractivity contribution in [3.05, 3.63) is 28.8 Å². The molecule has 5 nitrogen and oxygen atoms in total. The molecule has 1 aromatic rings. The van der Waals surface area contributed by atoms with Crippen LogP contribution in [0.3, 0.4) is 0 Å². The molecule has 1 rings (SSSR count). The topological polar surface area (TPSA) is 80.5 Å². The van der Waals surface area contributed by atoms with E-state index >= 15 is 0 Å². The molecule has 0 aromatic heterocycles. The monoisotopic (exact) mass is 304 g/mol. The number of carbonyl (C=O) groups is 1. The normalized spacial score (nSPS) is 13.1. The van der Waals surface area contributed by atoms with Crippen molar-refractivity contribution in [3.8, 4) is 0 Å². The number of nitrogens with zero attached hydrogens (tertiary/aromatic N) is 1. The van der Waals surface area contributed by atoms with Gasteiger partial charge in [0.05, 0.1) is 0 Å². The molecule has 0 fully saturated rings. The van der Waals surface area contributed by atoms with Gasteiger partial charge in [0.2, 0.25) is 5.91 Å². The van der Waals surface area contributed by atoms with Gasteiger partial charge in [-0.2, -0.15) is 0 Å². The molecule has 0 spiro atoms. The van der Waals surface area contributed by atoms with Crippen molar-refractivity contribution >= 4 is 33.0 Å². The lowest BCUT2D eigenvalue weighted by molar-refractivity contribution is -0.129. The standard InChI is InChI=1S/C12H17ClN2O3S/c1-8(19(3,17)18)12(16)15(2)7-9-6-10(14)4-5-11(9)13/h4-6,8H,7,14H2,1-3H3. The van der Waals surface area contributed by atoms with Gasteiger partial charge in [-0.05, 0) is 30.7 Å². The Morgan fingerprint density at radius 2 is 2.05 bits per heavy atom. The summed E-state index contributed by atoms with van der Waals surface area (Å²) < 4.78 is 22.7. The maximum atomic E-state index is 12.0. The molecule has 0 bridgehead atoms. The molecule has 0 saturated heterocycles. The lowest BCUT2D eigenvalue weighted by Crippen LogP contribution is -2.38. The fraction of sp³-hybridized carbons (Fsp3) is 0.417. The van der Waals surface area contributed by atoms with Crippen molar-refractivity contribution in [3.63, 3.8) is 0 Å². The molecule has 0 heterocycles. The van der Waals surface area contributed by atoms with Crippen molar-refractivity contribution in [1.82, 2.24) is 4.90 Å². The molecule has 106 valence electrons. The SMILES string of the molecule is CC(C(=O)N(C)Cc1cc(N)ccc1Cl)S(C)(=O)=O. The highest BCUT2D eigenvalue weighted by atomic mass is 35.5. The van der Waals surface area contributed by atoms with Crippen molar-refractivity contribution in [2.24, 2.45) is 0 Å². The van der Waals surface area contributed by atoms with Crippen LogP contribution in [0.25, 0.3) is 0 Å². The van der Waals surface area contributed by atoms with Crippen molar-refractivity contribution < 1.29 is 13.2 Å². The van der Waals surface area contributed by atoms with E-state index in [2.05, 4.69) is 0 Å². The summed E-state index contributed by atoms with van der Waals surface area (Å²) in [5, 5.41) is -0.585. The maximum Gasteiger partial charge on any atom is 0.240 e. The van der Waals surface area contributed by atoms with Crippen LogP contribution >= 0.6 is 11.6 Å². The van der Waals surface area contributed by atoms with Crippen molar-refractivity contribution in [2.45, 2.75) is 18.7 Å². The van der Waals surface area contributed by atoms with E-state index in [-0.39, 0.29) is 6.54 Å². The van der Waals surface area contributed by atoms with Crippen LogP contribution in [0, 0.1) is 0 Å². The maximum absolute atomic E-state index is 12.0. The lowest BCUT2D eigenvalue weighted by Gasteiger charge is -2.21. The highest BCUT2D eigenvalue weighted by molar-refractivity contribution is 7.92. The minimum Gasteiger partial charge on any atom is -0.399 e. The molecule has 1 atom stereocenters. The molecule has 0 saturated carbocycles. The Hall–Kier alpha value is -1.27. The van der Waals surface area contributed by atoms with Gasteiger partial charge < -0.3 is 10.6 Å². The van der Waals surface area contributed by atoms with E-state index < -0.39 is 21.0 Å². The second kappa shape index (κ2) is 5.79. The van der Waals surface area contributed by atoms with Gasteiger partial charge in [-0.15, -0.1) is 0 Å². The molecule has 2 N–H and O–H groups in total. The number of sulfone groups is 1. The van der Waals surface area contributed by atoms with Crippen LogP contribution in [-0.4, -0.2) is 37.8 Å². The van der Waals surface area contributed by atoms with Gasteiger partial charge in [-0.3, -0.25) is 4.79 Å². The summed E-state index contributed by atoms with van der Waals surface area (Å²) >= 11 is 6.00. The van der Waals surface area contributed by atoms with Gasteiger partial charge in [0.1, 0.15) is 5.25 Å². The van der Waals surface area contributed by atoms with Crippen LogP contribution in [0.4, 0.5) is 5.69 Å². The summed E-state index contributed by atoms with van der Waals surface area (Å²) in [4.78, 5) is 13.3. The summed E-state index contributed by atoms with van der Waals surface area (Å²) in [5.41, 5.74) is 6.87. The summed E-state index contributed by atoms with van der Waals surface area (Å²) in [7, 11) is -1.88. The average molecular weight is 305 g/mol. The predicted octanol–water partition coefficient (Wildman–Crippen LogP) is 1.31. The largest absolute Gasteiger partial charge is 0.399 e. The average Bonchev–Trinajstić information content (AvgIpc) is 2.30. The number of hydrogen-bond donors (Lipinski definition) is 1. The Morgan fingerprint density at radius 3 is 2.58 bits per heavy atom. The molecule has 1 amide bonds. The quantitative estimate of drug-likeness (QED) is 0.851. The number of anilines is 1. The van der Waals surface area contributed by atoms with E-state index in [4.69, 9.17) is 17.3 Å². The smallest absolute Gasteiger partial charge is 0.240 e. The summed E-state index contributed by atoms with van der Waals surface area (Å²) in [5.74, 6) is -0.471. The number of halogens is 1. The third kappa shape index (κ3) is 4.11. The molecule has 0 aliphatic carbocycles. The third-order valence-corrected chi connectivity index (χ3v) is 4.70. The minimum absolute atomic E-state index is 0.211. The first kappa shape index (κ1) is 15.8. The Kier molecular flexibility index (Phi) is 4.81. The number of hydrogen-bond acceptors (Lipinski definition) is 4. The van der Waals surface area contributed by atoms with Gasteiger partial charge in [0.25, 0.3) is 0 Å². The zero-order chi connectivity index (χ0) is 14.8. The Morgan fingerprint density at radius 1 is 1.47 bits per heavy atom. The van der Waals surface area contributed by atoms with E-state index in [9.17, 15) is 13.2 Å². The van der Waals surface area contributed by atoms with E-state index in [0.717, 1.165) is 6.26 Å². The Labute approximate surface area is 118 Å². The van der Waals surface area contributed by atoms with Crippen molar-refractivity contribution in [2.75, 3.05) is 19.0 Å². The molecular formula is C12H17ClN2O3S. The summed E-state index contributed by atoms with van der Waals surface area (Å²) in [6.45, 7) is 1.58. The second-order valence-electron chi connectivity index (χ2n) is 4.52. The first-order valence-corrected chi connectivity index (χ1v) is 7.94. The number of nitrogens with two attached hydrogens (primary N) is 1. The lowest BCUT2D eigenvalue weighted by atomic mass is 10.2. The van der Waals surface area contributed by atoms with Crippen LogP contribution in [0.1, 0.15) is 12.5 Å². The second-order valence-corrected chi connectivity index (χ2v) is 7.29. The predicted molar refractivity (Wildman–Crippen MR) is 76.6 cm³/mol. The first-order chi connectivity index (χ1) is 8.62. The fourth-order valence-electron chi connectivity index (χ4n) is 1.54. The third-order valence-electron chi connectivity index (χ3n) is 2.84. The number of amides is 1. The van der Waals surface area contributed by atoms with E-state index in [1.165, 1.54) is 18.9 Å². The molecule has 1 unspecified atom stereocenters. The molecule has 7 heteroatoms. The highest BCUT2D eigenvalue weighted by Crippen LogP contribution is 2.20. The molecule has 19 heavy (non-hydrogen) atoms. The molecular weight excluding hydrogens is 288 g/mol. The zero-order valence-electron chi connectivity index (χ0n) is 11.1. The Balaban J connectivity index is 2.88. The van der Waals surface area contributed by atoms with E-state index in [1.54, 1.807) is 18.2 Å². The highest BCUT2D eigenvalue weighted by Gasteiger charge is 2.26. The van der Waals surface area contributed by atoms with Gasteiger partial charge in [-0.1, -0.05) is 11.6 Å². The number of carbonyl (C=O) groups excluding carboxylic acids is 1. The van der Waals surface area contributed by atoms with Crippen LogP contribution in [0.15, 0.2) is 18.2 Å². The van der Waals surface area contributed by atoms with Gasteiger partial charge in [0.15, 0.2) is 9.84 Å². The van der Waals surface area contributed by atoms with Crippen molar-refractivity contribution in [1.29, 1.82) is 0 Å². The minimum atomic E-state index is -3.41. The van der Waals surface area contributed by atoms with Crippen LogP contribution < -0.4 is 5.73 Å². The molecule has 0 aliphatic rings. The number of rotatable bonds is 4. The summed E-state index contributed by atoms with van der Waals surface area (Å²) in [6, 6.07) is 4.97. The number of benzene rings is 1. The Bertz CT molecular complexity index is 587.